The molecule has 7 heteroatoms. The molecule has 1 aliphatic carbocycles. The van der Waals surface area contributed by atoms with E-state index < -0.39 is 0 Å². The number of para-hydroxylation sites is 2. The molecule has 0 unspecified atom stereocenters. The molecule has 1 saturated carbocycles. The molecule has 0 aliphatic heterocycles. The molecule has 0 bridgehead atoms. The number of amides is 1. The van der Waals surface area contributed by atoms with Gasteiger partial charge in [-0.15, -0.1) is 0 Å². The number of nitrogens with zero attached hydrogens (tertiary/aromatic N) is 3. The zero-order valence-corrected chi connectivity index (χ0v) is 18.0. The Morgan fingerprint density at radius 3 is 2.39 bits per heavy atom. The first-order chi connectivity index (χ1) is 15.1. The van der Waals surface area contributed by atoms with E-state index in [9.17, 15) is 4.79 Å². The number of carbonyl (C=O) groups excluding carboxylic acids is 1. The summed E-state index contributed by atoms with van der Waals surface area (Å²) in [6.45, 7) is 0.0421. The third kappa shape index (κ3) is 5.42. The molecule has 0 radical (unpaired) electrons. The smallest absolute Gasteiger partial charge is 0.258 e. The highest BCUT2D eigenvalue weighted by Crippen LogP contribution is 2.26. The van der Waals surface area contributed by atoms with E-state index in [4.69, 9.17) is 14.7 Å². The summed E-state index contributed by atoms with van der Waals surface area (Å²) in [4.78, 5) is 23.6. The summed E-state index contributed by atoms with van der Waals surface area (Å²) in [6.07, 6.45) is 3.75. The van der Waals surface area contributed by atoms with E-state index in [1.54, 1.807) is 0 Å². The van der Waals surface area contributed by atoms with Crippen molar-refractivity contribution in [3.8, 4) is 5.75 Å². The Kier molecular flexibility index (Phi) is 6.50. The number of nitrogens with one attached hydrogen (secondary N) is 2. The molecule has 1 fully saturated rings. The molecular weight excluding hydrogens is 390 g/mol. The van der Waals surface area contributed by atoms with Gasteiger partial charge in [0.1, 0.15) is 11.6 Å². The van der Waals surface area contributed by atoms with E-state index >= 15 is 0 Å². The predicted molar refractivity (Wildman–Crippen MR) is 124 cm³/mol. The maximum Gasteiger partial charge on any atom is 0.258 e. The van der Waals surface area contributed by atoms with Gasteiger partial charge in [0.15, 0.2) is 6.61 Å². The Bertz CT molecular complexity index is 1020. The van der Waals surface area contributed by atoms with E-state index in [2.05, 4.69) is 10.6 Å². The van der Waals surface area contributed by atoms with Crippen molar-refractivity contribution in [3.63, 3.8) is 0 Å². The third-order valence-corrected chi connectivity index (χ3v) is 5.55. The van der Waals surface area contributed by atoms with Crippen molar-refractivity contribution < 1.29 is 9.53 Å². The second kappa shape index (κ2) is 9.64. The van der Waals surface area contributed by atoms with Crippen LogP contribution in [0.1, 0.15) is 25.7 Å². The van der Waals surface area contributed by atoms with Gasteiger partial charge >= 0.3 is 0 Å². The van der Waals surface area contributed by atoms with Gasteiger partial charge in [0, 0.05) is 31.6 Å². The maximum atomic E-state index is 12.2. The van der Waals surface area contributed by atoms with Crippen molar-refractivity contribution in [1.29, 1.82) is 0 Å². The van der Waals surface area contributed by atoms with Crippen molar-refractivity contribution in [2.75, 3.05) is 30.9 Å². The molecule has 3 aromatic rings. The molecule has 0 saturated heterocycles. The van der Waals surface area contributed by atoms with Crippen LogP contribution in [0.2, 0.25) is 0 Å². The van der Waals surface area contributed by atoms with Crippen molar-refractivity contribution in [3.05, 3.63) is 54.6 Å². The van der Waals surface area contributed by atoms with Crippen LogP contribution in [0.3, 0.4) is 0 Å². The Morgan fingerprint density at radius 1 is 0.968 bits per heavy atom. The highest BCUT2D eigenvalue weighted by Gasteiger charge is 2.23. The summed E-state index contributed by atoms with van der Waals surface area (Å²) < 4.78 is 5.53. The van der Waals surface area contributed by atoms with Crippen LogP contribution in [0.25, 0.3) is 10.9 Å². The minimum atomic E-state index is -0.0752. The zero-order chi connectivity index (χ0) is 21.6. The molecule has 1 heterocycles. The van der Waals surface area contributed by atoms with Crippen LogP contribution < -0.4 is 20.3 Å². The molecule has 0 spiro atoms. The number of rotatable bonds is 7. The van der Waals surface area contributed by atoms with Crippen LogP contribution in [-0.4, -0.2) is 48.7 Å². The van der Waals surface area contributed by atoms with Crippen LogP contribution in [-0.2, 0) is 4.79 Å². The normalized spacial score (nSPS) is 18.4. The topological polar surface area (TPSA) is 79.4 Å². The first kappa shape index (κ1) is 20.9. The molecule has 4 rings (SSSR count). The molecule has 7 nitrogen and oxygen atoms in total. The van der Waals surface area contributed by atoms with Crippen molar-refractivity contribution >= 4 is 28.6 Å². The monoisotopic (exact) mass is 419 g/mol. The summed E-state index contributed by atoms with van der Waals surface area (Å²) >= 11 is 0. The zero-order valence-electron chi connectivity index (χ0n) is 18.0. The summed E-state index contributed by atoms with van der Waals surface area (Å²) in [5.74, 6) is 2.20. The van der Waals surface area contributed by atoms with Crippen LogP contribution in [0, 0.1) is 0 Å². The number of hydrogen-bond donors (Lipinski definition) is 2. The summed E-state index contributed by atoms with van der Waals surface area (Å²) in [5.41, 5.74) is 0.933. The highest BCUT2D eigenvalue weighted by molar-refractivity contribution is 5.90. The average molecular weight is 420 g/mol. The Morgan fingerprint density at radius 2 is 1.65 bits per heavy atom. The summed E-state index contributed by atoms with van der Waals surface area (Å²) in [7, 11) is 3.99. The van der Waals surface area contributed by atoms with Gasteiger partial charge in [-0.25, -0.2) is 4.98 Å². The number of anilines is 2. The van der Waals surface area contributed by atoms with Gasteiger partial charge in [0.05, 0.1) is 5.52 Å². The SMILES string of the molecule is CN(C)c1nc(NC2CCC(NC(=O)COc3ccccc3)CC2)nc2ccccc12. The van der Waals surface area contributed by atoms with Gasteiger partial charge in [0.25, 0.3) is 5.91 Å². The number of fused-ring (bicyclic) bond motifs is 1. The van der Waals surface area contributed by atoms with E-state index in [0.717, 1.165) is 42.4 Å². The number of aromatic nitrogens is 2. The Labute approximate surface area is 182 Å². The number of carbonyl (C=O) groups is 1. The maximum absolute atomic E-state index is 12.2. The molecule has 1 aromatic heterocycles. The van der Waals surface area contributed by atoms with Gasteiger partial charge in [0.2, 0.25) is 5.95 Å². The first-order valence-electron chi connectivity index (χ1n) is 10.8. The fraction of sp³-hybridized carbons (Fsp3) is 0.375. The molecule has 2 N–H and O–H groups in total. The summed E-state index contributed by atoms with van der Waals surface area (Å²) in [5, 5.41) is 7.64. The molecule has 2 aromatic carbocycles. The lowest BCUT2D eigenvalue weighted by atomic mass is 9.91. The molecule has 31 heavy (non-hydrogen) atoms. The average Bonchev–Trinajstić information content (AvgIpc) is 2.79. The first-order valence-corrected chi connectivity index (χ1v) is 10.8. The second-order valence-electron chi connectivity index (χ2n) is 8.14. The number of ether oxygens (including phenoxy) is 1. The third-order valence-electron chi connectivity index (χ3n) is 5.55. The van der Waals surface area contributed by atoms with Crippen LogP contribution in [0.5, 0.6) is 5.75 Å². The second-order valence-corrected chi connectivity index (χ2v) is 8.14. The van der Waals surface area contributed by atoms with Crippen LogP contribution in [0.4, 0.5) is 11.8 Å². The lowest BCUT2D eigenvalue weighted by molar-refractivity contribution is -0.124. The molecule has 0 atom stereocenters. The fourth-order valence-electron chi connectivity index (χ4n) is 3.96. The van der Waals surface area contributed by atoms with Crippen LogP contribution in [0.15, 0.2) is 54.6 Å². The summed E-state index contributed by atoms with van der Waals surface area (Å²) in [6, 6.07) is 17.9. The predicted octanol–water partition coefficient (Wildman–Crippen LogP) is 3.61. The van der Waals surface area contributed by atoms with E-state index in [1.165, 1.54) is 0 Å². The van der Waals surface area contributed by atoms with Crippen molar-refractivity contribution in [1.82, 2.24) is 15.3 Å². The number of hydrogen-bond acceptors (Lipinski definition) is 6. The van der Waals surface area contributed by atoms with Crippen LogP contribution >= 0.6 is 0 Å². The number of benzene rings is 2. The van der Waals surface area contributed by atoms with Crippen molar-refractivity contribution in [2.24, 2.45) is 0 Å². The molecule has 1 aliphatic rings. The van der Waals surface area contributed by atoms with Crippen molar-refractivity contribution in [2.45, 2.75) is 37.8 Å². The van der Waals surface area contributed by atoms with Gasteiger partial charge in [-0.3, -0.25) is 4.79 Å². The van der Waals surface area contributed by atoms with E-state index in [1.807, 2.05) is 73.6 Å². The molecular formula is C24H29N5O2. The van der Waals surface area contributed by atoms with E-state index in [-0.39, 0.29) is 18.6 Å². The standard InChI is InChI=1S/C24H29N5O2/c1-29(2)23-20-10-6-7-11-21(20)27-24(28-23)26-18-14-12-17(13-15-18)25-22(30)16-31-19-8-4-3-5-9-19/h3-11,17-18H,12-16H2,1-2H3,(H,25,30)(H,26,27,28). The van der Waals surface area contributed by atoms with Gasteiger partial charge in [-0.2, -0.15) is 4.98 Å². The quantitative estimate of drug-likeness (QED) is 0.609. The minimum Gasteiger partial charge on any atom is -0.484 e. The molecule has 162 valence electrons. The Balaban J connectivity index is 1.29. The van der Waals surface area contributed by atoms with Gasteiger partial charge in [-0.05, 0) is 49.9 Å². The molecule has 1 amide bonds. The lowest BCUT2D eigenvalue weighted by Gasteiger charge is -2.30. The lowest BCUT2D eigenvalue weighted by Crippen LogP contribution is -2.42. The fourth-order valence-corrected chi connectivity index (χ4v) is 3.96. The van der Waals surface area contributed by atoms with Gasteiger partial charge < -0.3 is 20.3 Å². The largest absolute Gasteiger partial charge is 0.484 e. The van der Waals surface area contributed by atoms with E-state index in [0.29, 0.717) is 17.7 Å². The van der Waals surface area contributed by atoms with Gasteiger partial charge in [-0.1, -0.05) is 30.3 Å². The highest BCUT2D eigenvalue weighted by atomic mass is 16.5. The Hall–Kier alpha value is -3.35. The minimum absolute atomic E-state index is 0.0421.